The van der Waals surface area contributed by atoms with E-state index < -0.39 is 32.2 Å². The molecule has 2 aromatic carbocycles. The van der Waals surface area contributed by atoms with Crippen molar-refractivity contribution in [2.75, 3.05) is 26.8 Å². The van der Waals surface area contributed by atoms with Gasteiger partial charge in [0.15, 0.2) is 5.78 Å². The summed E-state index contributed by atoms with van der Waals surface area (Å²) < 4.78 is 54.0. The number of amides is 1. The number of benzene rings is 2. The Morgan fingerprint density at radius 2 is 1.88 bits per heavy atom. The first-order chi connectivity index (χ1) is 20.0. The van der Waals surface area contributed by atoms with Crippen molar-refractivity contribution in [1.29, 1.82) is 0 Å². The van der Waals surface area contributed by atoms with Crippen LogP contribution in [-0.4, -0.2) is 66.5 Å². The van der Waals surface area contributed by atoms with Gasteiger partial charge < -0.3 is 23.7 Å². The largest absolute Gasteiger partial charge is 0.351 e. The standard InChI is InChI=1S/C16H19FNO4P.C13H15ClF2N2O/c1-4-21-23(22-5-2)16-9-15-12(8-14(16)17)13(11(3)20)10-18(15)6-7-19;1-18-7-9(15)5-11(18)13(19)17-6-8-3-2-4-10(14)12(8)16/h7-10H,4-6H2,1-3H3;2-4,9,11H,5-7H2,1H3,(H,17,19)/t;9-,11?/m.1/s1. The molecule has 228 valence electrons. The Hall–Kier alpha value is -2.82. The van der Waals surface area contributed by atoms with Gasteiger partial charge in [-0.05, 0) is 46.0 Å². The van der Waals surface area contributed by atoms with Gasteiger partial charge >= 0.3 is 0 Å². The van der Waals surface area contributed by atoms with Crippen molar-refractivity contribution in [1.82, 2.24) is 14.8 Å². The molecule has 3 aromatic rings. The number of halogens is 4. The Kier molecular flexibility index (Phi) is 12.5. The number of nitrogens with one attached hydrogen (secondary N) is 1. The number of Topliss-reactive ketones (excluding diaryl/α,β-unsaturated/α-hetero) is 1. The second-order valence-electron chi connectivity index (χ2n) is 9.55. The zero-order chi connectivity index (χ0) is 31.0. The summed E-state index contributed by atoms with van der Waals surface area (Å²) in [6.45, 7) is 6.24. The maximum absolute atomic E-state index is 14.5. The summed E-state index contributed by atoms with van der Waals surface area (Å²) in [5, 5.41) is 3.44. The molecule has 8 nitrogen and oxygen atoms in total. The Morgan fingerprint density at radius 3 is 2.45 bits per heavy atom. The quantitative estimate of drug-likeness (QED) is 0.176. The Balaban J connectivity index is 0.000000235. The number of alkyl halides is 1. The molecule has 0 saturated carbocycles. The van der Waals surface area contributed by atoms with Crippen LogP contribution in [0.15, 0.2) is 36.5 Å². The van der Waals surface area contributed by atoms with E-state index in [9.17, 15) is 27.6 Å². The summed E-state index contributed by atoms with van der Waals surface area (Å²) >= 11 is 5.65. The fraction of sp³-hybridized carbons (Fsp3) is 0.414. The fourth-order valence-electron chi connectivity index (χ4n) is 4.59. The molecule has 1 amide bonds. The molecular weight excluding hydrogens is 594 g/mol. The molecule has 1 saturated heterocycles. The van der Waals surface area contributed by atoms with Gasteiger partial charge in [0.25, 0.3) is 0 Å². The normalized spacial score (nSPS) is 16.9. The number of likely N-dealkylation sites (N-methyl/N-ethyl adjacent to an activating group) is 1. The van der Waals surface area contributed by atoms with Gasteiger partial charge in [0.2, 0.25) is 14.3 Å². The first-order valence-electron chi connectivity index (χ1n) is 13.4. The van der Waals surface area contributed by atoms with E-state index in [1.165, 1.54) is 19.1 Å². The van der Waals surface area contributed by atoms with Gasteiger partial charge in [-0.3, -0.25) is 14.5 Å². The minimum absolute atomic E-state index is 0.0218. The number of ketones is 1. The molecule has 0 radical (unpaired) electrons. The van der Waals surface area contributed by atoms with E-state index in [2.05, 4.69) is 5.32 Å². The van der Waals surface area contributed by atoms with Crippen LogP contribution in [0, 0.1) is 11.6 Å². The molecule has 42 heavy (non-hydrogen) atoms. The van der Waals surface area contributed by atoms with E-state index in [1.54, 1.807) is 40.9 Å². The van der Waals surface area contributed by atoms with Gasteiger partial charge in [-0.25, -0.2) is 13.2 Å². The van der Waals surface area contributed by atoms with Crippen molar-refractivity contribution in [3.8, 4) is 0 Å². The second-order valence-corrected chi connectivity index (χ2v) is 11.5. The first-order valence-corrected chi connectivity index (χ1v) is 15.0. The van der Waals surface area contributed by atoms with Gasteiger partial charge in [-0.15, -0.1) is 0 Å². The maximum atomic E-state index is 14.5. The van der Waals surface area contributed by atoms with E-state index in [-0.39, 0.29) is 42.8 Å². The van der Waals surface area contributed by atoms with Gasteiger partial charge in [-0.2, -0.15) is 0 Å². The molecule has 2 atom stereocenters. The highest BCUT2D eigenvalue weighted by Crippen LogP contribution is 2.39. The Morgan fingerprint density at radius 1 is 1.19 bits per heavy atom. The topological polar surface area (TPSA) is 89.9 Å². The lowest BCUT2D eigenvalue weighted by Crippen LogP contribution is -2.41. The predicted octanol–water partition coefficient (Wildman–Crippen LogP) is 5.33. The number of fused-ring (bicyclic) bond motifs is 1. The lowest BCUT2D eigenvalue weighted by atomic mass is 10.1. The number of hydrogen-bond acceptors (Lipinski definition) is 6. The molecular formula is C29H34ClF3N3O5P. The van der Waals surface area contributed by atoms with Crippen molar-refractivity contribution in [3.05, 3.63) is 64.3 Å². The first kappa shape index (κ1) is 33.7. The monoisotopic (exact) mass is 627 g/mol. The average molecular weight is 628 g/mol. The van der Waals surface area contributed by atoms with Crippen LogP contribution in [-0.2, 0) is 31.7 Å². The van der Waals surface area contributed by atoms with Gasteiger partial charge in [0.1, 0.15) is 24.1 Å². The fourth-order valence-corrected chi connectivity index (χ4v) is 6.07. The zero-order valence-corrected chi connectivity index (χ0v) is 25.5. The molecule has 0 aliphatic carbocycles. The van der Waals surface area contributed by atoms with E-state index >= 15 is 0 Å². The molecule has 1 N–H and O–H groups in total. The smallest absolute Gasteiger partial charge is 0.237 e. The van der Waals surface area contributed by atoms with E-state index in [0.29, 0.717) is 40.5 Å². The van der Waals surface area contributed by atoms with Crippen LogP contribution in [0.2, 0.25) is 5.02 Å². The van der Waals surface area contributed by atoms with Gasteiger partial charge in [0.05, 0.1) is 41.6 Å². The van der Waals surface area contributed by atoms with Gasteiger partial charge in [-0.1, -0.05) is 23.7 Å². The number of aromatic nitrogens is 1. The number of carbonyl (C=O) groups is 3. The number of hydrogen-bond donors (Lipinski definition) is 1. The van der Waals surface area contributed by atoms with Crippen molar-refractivity contribution < 1.29 is 36.6 Å². The lowest BCUT2D eigenvalue weighted by molar-refractivity contribution is -0.125. The van der Waals surface area contributed by atoms with Crippen molar-refractivity contribution in [2.24, 2.45) is 0 Å². The van der Waals surface area contributed by atoms with Crippen LogP contribution in [0.4, 0.5) is 13.2 Å². The number of nitrogens with zero attached hydrogens (tertiary/aromatic N) is 2. The minimum atomic E-state index is -1.54. The van der Waals surface area contributed by atoms with E-state index in [1.807, 2.05) is 13.8 Å². The highest BCUT2D eigenvalue weighted by molar-refractivity contribution is 7.56. The third-order valence-corrected chi connectivity index (χ3v) is 8.59. The zero-order valence-electron chi connectivity index (χ0n) is 23.8. The third kappa shape index (κ3) is 8.17. The number of likely N-dealkylation sites (tertiary alicyclic amines) is 1. The highest BCUT2D eigenvalue weighted by atomic mass is 35.5. The minimum Gasteiger partial charge on any atom is -0.351 e. The molecule has 1 unspecified atom stereocenters. The summed E-state index contributed by atoms with van der Waals surface area (Å²) in [5.41, 5.74) is 1.33. The van der Waals surface area contributed by atoms with E-state index in [0.717, 1.165) is 6.29 Å². The van der Waals surface area contributed by atoms with Crippen molar-refractivity contribution in [3.63, 3.8) is 0 Å². The molecule has 13 heteroatoms. The summed E-state index contributed by atoms with van der Waals surface area (Å²) in [6, 6.07) is 7.05. The molecule has 4 rings (SSSR count). The molecule has 1 aliphatic rings. The van der Waals surface area contributed by atoms with Crippen LogP contribution in [0.1, 0.15) is 43.1 Å². The second kappa shape index (κ2) is 15.6. The van der Waals surface area contributed by atoms with Crippen LogP contribution in [0.3, 0.4) is 0 Å². The molecule has 1 fully saturated rings. The SMILES string of the molecule is CCOP(OCC)c1cc2c(cc1F)c(C(C)=O)cn2CC=O.CN1C[C@H](F)CC1C(=O)NCc1cccc(Cl)c1F. The third-order valence-electron chi connectivity index (χ3n) is 6.57. The van der Waals surface area contributed by atoms with Crippen LogP contribution in [0.5, 0.6) is 0 Å². The van der Waals surface area contributed by atoms with Crippen LogP contribution >= 0.6 is 20.0 Å². The summed E-state index contributed by atoms with van der Waals surface area (Å²) in [6.07, 6.45) is 1.51. The molecule has 0 bridgehead atoms. The molecule has 1 aliphatic heterocycles. The Bertz CT molecular complexity index is 1420. The van der Waals surface area contributed by atoms with Crippen LogP contribution < -0.4 is 10.6 Å². The maximum Gasteiger partial charge on any atom is 0.237 e. The lowest BCUT2D eigenvalue weighted by Gasteiger charge is -2.18. The number of rotatable bonds is 11. The number of carbonyl (C=O) groups excluding carboxylic acids is 3. The summed E-state index contributed by atoms with van der Waals surface area (Å²) in [4.78, 5) is 36.2. The van der Waals surface area contributed by atoms with E-state index in [4.69, 9.17) is 20.6 Å². The summed E-state index contributed by atoms with van der Waals surface area (Å²) in [7, 11) is 0.159. The average Bonchev–Trinajstić information content (AvgIpc) is 3.47. The van der Waals surface area contributed by atoms with Gasteiger partial charge in [0, 0.05) is 42.2 Å². The number of aldehydes is 1. The Labute approximate surface area is 249 Å². The molecule has 1 aromatic heterocycles. The molecule has 0 spiro atoms. The highest BCUT2D eigenvalue weighted by Gasteiger charge is 2.34. The predicted molar refractivity (Wildman–Crippen MR) is 157 cm³/mol. The summed E-state index contributed by atoms with van der Waals surface area (Å²) in [5.74, 6) is -1.48. The molecule has 2 heterocycles. The van der Waals surface area contributed by atoms with Crippen LogP contribution in [0.25, 0.3) is 10.9 Å². The van der Waals surface area contributed by atoms with Crippen molar-refractivity contribution >= 4 is 54.2 Å². The van der Waals surface area contributed by atoms with Crippen molar-refractivity contribution in [2.45, 2.75) is 52.5 Å².